The topological polar surface area (TPSA) is 41.1 Å². The highest BCUT2D eigenvalue weighted by Gasteiger charge is 2.44. The van der Waals surface area contributed by atoms with Crippen molar-refractivity contribution in [3.8, 4) is 0 Å². The van der Waals surface area contributed by atoms with Gasteiger partial charge in [0.1, 0.15) is 0 Å². The summed E-state index contributed by atoms with van der Waals surface area (Å²) in [7, 11) is 0. The Hall–Kier alpha value is -0.870. The van der Waals surface area contributed by atoms with Gasteiger partial charge in [-0.15, -0.1) is 0 Å². The van der Waals surface area contributed by atoms with Crippen LogP contribution in [0.2, 0.25) is 0 Å². The molecule has 3 nitrogen and oxygen atoms in total. The highest BCUT2D eigenvalue weighted by molar-refractivity contribution is 9.10. The molecule has 1 aliphatic carbocycles. The van der Waals surface area contributed by atoms with Crippen molar-refractivity contribution in [2.45, 2.75) is 50.0 Å². The van der Waals surface area contributed by atoms with Crippen molar-refractivity contribution >= 4 is 21.8 Å². The third-order valence-electron chi connectivity index (χ3n) is 3.84. The summed E-state index contributed by atoms with van der Waals surface area (Å²) in [5.74, 6) is 0.0147. The maximum atomic E-state index is 11.9. The molecular formula is C16H23BrN2O. The summed E-state index contributed by atoms with van der Waals surface area (Å²) in [6.07, 6.45) is 3.43. The van der Waals surface area contributed by atoms with Crippen LogP contribution in [0.25, 0.3) is 0 Å². The minimum absolute atomic E-state index is 0.0147. The van der Waals surface area contributed by atoms with Gasteiger partial charge in [-0.2, -0.15) is 0 Å². The number of hydrogen-bond donors (Lipinski definition) is 2. The lowest BCUT2D eigenvalue weighted by Crippen LogP contribution is -2.34. The molecule has 1 amide bonds. The van der Waals surface area contributed by atoms with Crippen molar-refractivity contribution in [1.29, 1.82) is 0 Å². The molecule has 0 heterocycles. The maximum absolute atomic E-state index is 11.9. The predicted molar refractivity (Wildman–Crippen MR) is 86.3 cm³/mol. The van der Waals surface area contributed by atoms with Crippen LogP contribution in [0.5, 0.6) is 0 Å². The van der Waals surface area contributed by atoms with E-state index in [1.807, 2.05) is 18.2 Å². The quantitative estimate of drug-likeness (QED) is 0.749. The monoisotopic (exact) mass is 338 g/mol. The Morgan fingerprint density at radius 2 is 2.20 bits per heavy atom. The van der Waals surface area contributed by atoms with Crippen molar-refractivity contribution in [2.75, 3.05) is 6.54 Å². The molecule has 0 radical (unpaired) electrons. The molecule has 0 bridgehead atoms. The smallest absolute Gasteiger partial charge is 0.251 e. The van der Waals surface area contributed by atoms with Gasteiger partial charge in [-0.25, -0.2) is 0 Å². The molecule has 1 fully saturated rings. The van der Waals surface area contributed by atoms with E-state index < -0.39 is 0 Å². The zero-order chi connectivity index (χ0) is 14.6. The molecule has 1 unspecified atom stereocenters. The molecule has 110 valence electrons. The summed E-state index contributed by atoms with van der Waals surface area (Å²) in [4.78, 5) is 11.9. The number of carbonyl (C=O) groups excluding carboxylic acids is 1. The number of amides is 1. The van der Waals surface area contributed by atoms with Crippen molar-refractivity contribution in [3.63, 3.8) is 0 Å². The van der Waals surface area contributed by atoms with Gasteiger partial charge in [0.05, 0.1) is 0 Å². The Labute approximate surface area is 129 Å². The molecular weight excluding hydrogens is 316 g/mol. The molecule has 1 saturated carbocycles. The van der Waals surface area contributed by atoms with Crippen molar-refractivity contribution in [1.82, 2.24) is 10.6 Å². The molecule has 0 aliphatic heterocycles. The molecule has 0 saturated heterocycles. The first-order valence-corrected chi connectivity index (χ1v) is 8.14. The van der Waals surface area contributed by atoms with Crippen molar-refractivity contribution in [3.05, 3.63) is 35.4 Å². The SMILES string of the molecule is CCCNC(=O)c1cccc(CNC(C)C2(Br)CC2)c1. The molecule has 2 N–H and O–H groups in total. The third-order valence-corrected chi connectivity index (χ3v) is 5.32. The number of rotatable bonds is 7. The van der Waals surface area contributed by atoms with Crippen molar-refractivity contribution in [2.24, 2.45) is 0 Å². The number of hydrogen-bond acceptors (Lipinski definition) is 2. The average Bonchev–Trinajstić information content (AvgIpc) is 3.21. The number of alkyl halides is 1. The molecule has 0 spiro atoms. The number of carbonyl (C=O) groups is 1. The average molecular weight is 339 g/mol. The molecule has 1 aromatic carbocycles. The van der Waals surface area contributed by atoms with Crippen LogP contribution in [0.3, 0.4) is 0 Å². The van der Waals surface area contributed by atoms with E-state index in [1.54, 1.807) is 0 Å². The van der Waals surface area contributed by atoms with E-state index in [-0.39, 0.29) is 5.91 Å². The van der Waals surface area contributed by atoms with Crippen molar-refractivity contribution < 1.29 is 4.79 Å². The summed E-state index contributed by atoms with van der Waals surface area (Å²) in [5, 5.41) is 6.44. The minimum atomic E-state index is 0.0147. The Kier molecular flexibility index (Phi) is 5.22. The highest BCUT2D eigenvalue weighted by atomic mass is 79.9. The highest BCUT2D eigenvalue weighted by Crippen LogP contribution is 2.47. The van der Waals surface area contributed by atoms with Gasteiger partial charge in [-0.1, -0.05) is 35.0 Å². The largest absolute Gasteiger partial charge is 0.352 e. The fraction of sp³-hybridized carbons (Fsp3) is 0.562. The standard InChI is InChI=1S/C16H23BrN2O/c1-3-9-18-15(20)14-6-4-5-13(10-14)11-19-12(2)16(17)7-8-16/h4-6,10,12,19H,3,7-9,11H2,1-2H3,(H,18,20). The van der Waals surface area contributed by atoms with Crippen LogP contribution < -0.4 is 10.6 Å². The van der Waals surface area contributed by atoms with Crippen LogP contribution in [-0.2, 0) is 6.54 Å². The Bertz CT molecular complexity index is 471. The molecule has 0 aromatic heterocycles. The van der Waals surface area contributed by atoms with E-state index in [9.17, 15) is 4.79 Å². The summed E-state index contributed by atoms with van der Waals surface area (Å²) in [6.45, 7) is 5.78. The predicted octanol–water partition coefficient (Wildman–Crippen LogP) is 3.23. The van der Waals surface area contributed by atoms with E-state index in [0.29, 0.717) is 10.4 Å². The number of halogens is 1. The molecule has 20 heavy (non-hydrogen) atoms. The number of benzene rings is 1. The lowest BCUT2D eigenvalue weighted by Gasteiger charge is -2.19. The van der Waals surface area contributed by atoms with E-state index in [0.717, 1.165) is 30.6 Å². The fourth-order valence-corrected chi connectivity index (χ4v) is 2.53. The molecule has 2 rings (SSSR count). The van der Waals surface area contributed by atoms with E-state index >= 15 is 0 Å². The Morgan fingerprint density at radius 3 is 2.85 bits per heavy atom. The van der Waals surface area contributed by atoms with E-state index in [1.165, 1.54) is 12.8 Å². The van der Waals surface area contributed by atoms with Gasteiger partial charge < -0.3 is 10.6 Å². The first-order chi connectivity index (χ1) is 9.55. The lowest BCUT2D eigenvalue weighted by atomic mass is 10.1. The van der Waals surface area contributed by atoms with Crippen LogP contribution in [0.4, 0.5) is 0 Å². The first kappa shape index (κ1) is 15.5. The molecule has 1 aromatic rings. The van der Waals surface area contributed by atoms with Crippen LogP contribution in [-0.4, -0.2) is 22.8 Å². The normalized spacial score (nSPS) is 17.6. The van der Waals surface area contributed by atoms with Gasteiger partial charge >= 0.3 is 0 Å². The number of nitrogens with one attached hydrogen (secondary N) is 2. The van der Waals surface area contributed by atoms with Gasteiger partial charge in [0.2, 0.25) is 0 Å². The second-order valence-corrected chi connectivity index (χ2v) is 7.17. The summed E-state index contributed by atoms with van der Waals surface area (Å²) >= 11 is 3.77. The van der Waals surface area contributed by atoms with Crippen LogP contribution in [0.1, 0.15) is 49.0 Å². The van der Waals surface area contributed by atoms with Gasteiger partial charge in [0.25, 0.3) is 5.91 Å². The zero-order valence-corrected chi connectivity index (χ0v) is 13.8. The summed E-state index contributed by atoms with van der Waals surface area (Å²) in [5.41, 5.74) is 1.89. The second kappa shape index (κ2) is 6.72. The van der Waals surface area contributed by atoms with Gasteiger partial charge in [0, 0.05) is 29.0 Å². The van der Waals surface area contributed by atoms with Gasteiger partial charge in [-0.3, -0.25) is 4.79 Å². The molecule has 4 heteroatoms. The first-order valence-electron chi connectivity index (χ1n) is 7.34. The van der Waals surface area contributed by atoms with Crippen LogP contribution in [0.15, 0.2) is 24.3 Å². The maximum Gasteiger partial charge on any atom is 0.251 e. The third kappa shape index (κ3) is 4.06. The Balaban J connectivity index is 1.90. The molecule has 1 aliphatic rings. The minimum Gasteiger partial charge on any atom is -0.352 e. The van der Waals surface area contributed by atoms with E-state index in [2.05, 4.69) is 46.5 Å². The van der Waals surface area contributed by atoms with E-state index in [4.69, 9.17) is 0 Å². The van der Waals surface area contributed by atoms with Gasteiger partial charge in [0.15, 0.2) is 0 Å². The van der Waals surface area contributed by atoms with Crippen LogP contribution in [0, 0.1) is 0 Å². The zero-order valence-electron chi connectivity index (χ0n) is 12.2. The summed E-state index contributed by atoms with van der Waals surface area (Å²) < 4.78 is 0.295. The molecule has 1 atom stereocenters. The summed E-state index contributed by atoms with van der Waals surface area (Å²) in [6, 6.07) is 8.29. The second-order valence-electron chi connectivity index (χ2n) is 5.59. The van der Waals surface area contributed by atoms with Gasteiger partial charge in [-0.05, 0) is 43.9 Å². The fourth-order valence-electron chi connectivity index (χ4n) is 2.17. The Morgan fingerprint density at radius 1 is 1.45 bits per heavy atom. The van der Waals surface area contributed by atoms with Crippen LogP contribution >= 0.6 is 15.9 Å². The lowest BCUT2D eigenvalue weighted by molar-refractivity contribution is 0.0953.